The summed E-state index contributed by atoms with van der Waals surface area (Å²) in [5, 5.41) is 11.3. The number of hydrogen-bond acceptors (Lipinski definition) is 4. The van der Waals surface area contributed by atoms with E-state index in [1.54, 1.807) is 0 Å². The molecule has 0 saturated heterocycles. The Balaban J connectivity index is 1.91. The van der Waals surface area contributed by atoms with Crippen molar-refractivity contribution in [2.75, 3.05) is 36.0 Å². The summed E-state index contributed by atoms with van der Waals surface area (Å²) in [5.41, 5.74) is 8.01. The minimum absolute atomic E-state index is 0.916. The number of nitrogens with zero attached hydrogens (tertiary/aromatic N) is 3. The second-order valence-corrected chi connectivity index (χ2v) is 11.6. The molecule has 0 amide bonds. The lowest BCUT2D eigenvalue weighted by Crippen LogP contribution is -2.31. The van der Waals surface area contributed by atoms with Crippen LogP contribution in [0, 0.1) is 25.2 Å². The Morgan fingerprint density at radius 1 is 0.659 bits per heavy atom. The number of thioether (sulfide) groups is 1. The molecule has 4 heteroatoms. The fraction of sp³-hybridized carbons (Fsp3) is 0.324. The van der Waals surface area contributed by atoms with E-state index < -0.39 is 5.41 Å². The average Bonchev–Trinajstić information content (AvgIpc) is 3.01. The molecule has 0 saturated carbocycles. The molecule has 0 unspecified atom stereocenters. The van der Waals surface area contributed by atoms with E-state index in [-0.39, 0.29) is 0 Å². The predicted octanol–water partition coefficient (Wildman–Crippen LogP) is 9.15. The molecule has 0 N–H and O–H groups in total. The van der Waals surface area contributed by atoms with Gasteiger partial charge in [0.1, 0.15) is 5.41 Å². The largest absolute Gasteiger partial charge is 0.372 e. The molecule has 0 radical (unpaired) electrons. The van der Waals surface area contributed by atoms with Crippen LogP contribution in [0.2, 0.25) is 0 Å². The van der Waals surface area contributed by atoms with Crippen LogP contribution in [0.4, 0.5) is 11.4 Å². The van der Waals surface area contributed by atoms with Crippen LogP contribution >= 0.6 is 11.8 Å². The zero-order valence-electron chi connectivity index (χ0n) is 25.4. The molecule has 0 aromatic heterocycles. The maximum absolute atomic E-state index is 11.3. The maximum atomic E-state index is 11.3. The van der Waals surface area contributed by atoms with Crippen molar-refractivity contribution in [1.82, 2.24) is 0 Å². The van der Waals surface area contributed by atoms with Gasteiger partial charge in [-0.3, -0.25) is 0 Å². The van der Waals surface area contributed by atoms with Gasteiger partial charge in [-0.25, -0.2) is 0 Å². The highest BCUT2D eigenvalue weighted by Gasteiger charge is 2.40. The van der Waals surface area contributed by atoms with Gasteiger partial charge in [-0.1, -0.05) is 54.6 Å². The third-order valence-corrected chi connectivity index (χ3v) is 9.29. The Kier molecular flexibility index (Phi) is 10.2. The lowest BCUT2D eigenvalue weighted by Gasteiger charge is -2.34. The number of anilines is 2. The highest BCUT2D eigenvalue weighted by atomic mass is 32.2. The molecule has 0 spiro atoms. The standard InChI is InChI=1S/C37H43N3S/c1-7-39(8-2)32-20-16-28(5)35(24-32)37(27-38,36-25-33(21-17-29(36)6)40(9-3)10-4)31-18-22-34(23-19-31)41-26-30-14-12-11-13-15-30/h11-25H,7-10,26H2,1-6H3. The SMILES string of the molecule is CCN(CC)c1ccc(C)c(C(C#N)(c2ccc(SCc3ccccc3)cc2)c2cc(N(CC)CC)ccc2C)c1. The molecule has 0 aliphatic heterocycles. The van der Waals surface area contributed by atoms with Gasteiger partial charge in [0, 0.05) is 48.2 Å². The van der Waals surface area contributed by atoms with Gasteiger partial charge < -0.3 is 9.80 Å². The smallest absolute Gasteiger partial charge is 0.133 e. The first-order valence-electron chi connectivity index (χ1n) is 14.8. The van der Waals surface area contributed by atoms with E-state index >= 15 is 0 Å². The minimum atomic E-state index is -0.955. The van der Waals surface area contributed by atoms with Crippen molar-refractivity contribution in [2.24, 2.45) is 0 Å². The lowest BCUT2D eigenvalue weighted by atomic mass is 9.67. The molecular weight excluding hydrogens is 518 g/mol. The molecule has 0 heterocycles. The first kappa shape index (κ1) is 30.3. The summed E-state index contributed by atoms with van der Waals surface area (Å²) in [7, 11) is 0. The van der Waals surface area contributed by atoms with Crippen molar-refractivity contribution >= 4 is 23.1 Å². The molecular formula is C37H43N3S. The van der Waals surface area contributed by atoms with Crippen LogP contribution in [-0.4, -0.2) is 26.2 Å². The van der Waals surface area contributed by atoms with Gasteiger partial charge in [0.05, 0.1) is 6.07 Å². The number of aryl methyl sites for hydroxylation is 2. The van der Waals surface area contributed by atoms with Gasteiger partial charge in [0.25, 0.3) is 0 Å². The molecule has 4 rings (SSSR count). The van der Waals surface area contributed by atoms with E-state index in [1.807, 2.05) is 11.8 Å². The van der Waals surface area contributed by atoms with Crippen LogP contribution in [-0.2, 0) is 11.2 Å². The fourth-order valence-corrected chi connectivity index (χ4v) is 6.64. The molecule has 41 heavy (non-hydrogen) atoms. The van der Waals surface area contributed by atoms with Crippen molar-refractivity contribution in [1.29, 1.82) is 5.26 Å². The number of nitriles is 1. The average molecular weight is 562 g/mol. The summed E-state index contributed by atoms with van der Waals surface area (Å²) in [6.07, 6.45) is 0. The highest BCUT2D eigenvalue weighted by molar-refractivity contribution is 7.98. The number of benzene rings is 4. The van der Waals surface area contributed by atoms with Crippen LogP contribution in [0.15, 0.2) is 95.9 Å². The van der Waals surface area contributed by atoms with Crippen molar-refractivity contribution in [3.63, 3.8) is 0 Å². The minimum Gasteiger partial charge on any atom is -0.372 e. The van der Waals surface area contributed by atoms with Crippen molar-refractivity contribution in [2.45, 2.75) is 57.6 Å². The Morgan fingerprint density at radius 2 is 1.15 bits per heavy atom. The molecule has 0 fully saturated rings. The summed E-state index contributed by atoms with van der Waals surface area (Å²) >= 11 is 1.83. The summed E-state index contributed by atoms with van der Waals surface area (Å²) in [6.45, 7) is 16.7. The highest BCUT2D eigenvalue weighted by Crippen LogP contribution is 2.44. The van der Waals surface area contributed by atoms with Gasteiger partial charge in [0.15, 0.2) is 0 Å². The van der Waals surface area contributed by atoms with Gasteiger partial charge in [0.2, 0.25) is 0 Å². The van der Waals surface area contributed by atoms with Gasteiger partial charge in [-0.2, -0.15) is 5.26 Å². The molecule has 212 valence electrons. The number of hydrogen-bond donors (Lipinski definition) is 0. The lowest BCUT2D eigenvalue weighted by molar-refractivity contribution is 0.771. The molecule has 0 bridgehead atoms. The quantitative estimate of drug-likeness (QED) is 0.127. The summed E-state index contributed by atoms with van der Waals surface area (Å²) in [5.74, 6) is 0.916. The summed E-state index contributed by atoms with van der Waals surface area (Å²) in [6, 6.07) is 35.4. The van der Waals surface area contributed by atoms with Crippen molar-refractivity contribution in [3.8, 4) is 6.07 Å². The predicted molar refractivity (Wildman–Crippen MR) is 177 cm³/mol. The third kappa shape index (κ3) is 6.31. The molecule has 3 nitrogen and oxygen atoms in total. The van der Waals surface area contributed by atoms with Gasteiger partial charge in [-0.05, 0) is 111 Å². The van der Waals surface area contributed by atoms with Crippen molar-refractivity contribution < 1.29 is 0 Å². The third-order valence-electron chi connectivity index (χ3n) is 8.21. The maximum Gasteiger partial charge on any atom is 0.133 e. The van der Waals surface area contributed by atoms with Crippen LogP contribution in [0.5, 0.6) is 0 Å². The molecule has 0 atom stereocenters. The normalized spacial score (nSPS) is 11.2. The first-order chi connectivity index (χ1) is 19.9. The van der Waals surface area contributed by atoms with Crippen molar-refractivity contribution in [3.05, 3.63) is 124 Å². The second-order valence-electron chi connectivity index (χ2n) is 10.5. The first-order valence-corrected chi connectivity index (χ1v) is 15.8. The fourth-order valence-electron chi connectivity index (χ4n) is 5.78. The Hall–Kier alpha value is -3.68. The zero-order valence-corrected chi connectivity index (χ0v) is 26.3. The van der Waals surface area contributed by atoms with Crippen LogP contribution in [0.3, 0.4) is 0 Å². The van der Waals surface area contributed by atoms with Crippen LogP contribution < -0.4 is 9.80 Å². The van der Waals surface area contributed by atoms with Gasteiger partial charge >= 0.3 is 0 Å². The van der Waals surface area contributed by atoms with E-state index in [4.69, 9.17) is 0 Å². The van der Waals surface area contributed by atoms with E-state index in [0.29, 0.717) is 0 Å². The van der Waals surface area contributed by atoms with E-state index in [0.717, 1.165) is 71.1 Å². The van der Waals surface area contributed by atoms with Gasteiger partial charge in [-0.15, -0.1) is 11.8 Å². The van der Waals surface area contributed by atoms with Crippen LogP contribution in [0.25, 0.3) is 0 Å². The van der Waals surface area contributed by atoms with E-state index in [9.17, 15) is 5.26 Å². The van der Waals surface area contributed by atoms with Crippen LogP contribution in [0.1, 0.15) is 61.1 Å². The molecule has 4 aromatic carbocycles. The molecule has 0 aliphatic carbocycles. The van der Waals surface area contributed by atoms with E-state index in [2.05, 4.69) is 148 Å². The topological polar surface area (TPSA) is 30.3 Å². The van der Waals surface area contributed by atoms with E-state index in [1.165, 1.54) is 10.5 Å². The zero-order chi connectivity index (χ0) is 29.4. The number of rotatable bonds is 12. The summed E-state index contributed by atoms with van der Waals surface area (Å²) < 4.78 is 0. The molecule has 0 aliphatic rings. The Labute approximate surface area is 251 Å². The summed E-state index contributed by atoms with van der Waals surface area (Å²) in [4.78, 5) is 5.91. The Morgan fingerprint density at radius 3 is 1.59 bits per heavy atom. The second kappa shape index (κ2) is 13.8. The molecule has 4 aromatic rings. The monoisotopic (exact) mass is 561 g/mol. The Bertz CT molecular complexity index is 1400.